The molecule has 0 saturated carbocycles. The number of hydrogen-bond donors (Lipinski definition) is 3. The van der Waals surface area contributed by atoms with Gasteiger partial charge in [0.15, 0.2) is 0 Å². The SMILES string of the molecule is C[C@H](NC(=O)c1ccc2c(c1)NC(=O)CS2)c1ccc2c(c1)CC(=O)N2. The van der Waals surface area contributed by atoms with Gasteiger partial charge in [0, 0.05) is 16.1 Å². The van der Waals surface area contributed by atoms with Crippen LogP contribution in [-0.2, 0) is 16.0 Å². The van der Waals surface area contributed by atoms with Crippen molar-refractivity contribution in [1.29, 1.82) is 0 Å². The third-order valence-corrected chi connectivity index (χ3v) is 5.55. The molecule has 0 spiro atoms. The minimum atomic E-state index is -0.208. The molecule has 7 heteroatoms. The van der Waals surface area contributed by atoms with Crippen LogP contribution in [0.2, 0.25) is 0 Å². The largest absolute Gasteiger partial charge is 0.346 e. The normalized spacial score (nSPS) is 16.2. The Bertz CT molecular complexity index is 942. The third-order valence-electron chi connectivity index (χ3n) is 4.48. The lowest BCUT2D eigenvalue weighted by Crippen LogP contribution is -2.27. The van der Waals surface area contributed by atoms with Crippen LogP contribution >= 0.6 is 11.8 Å². The molecule has 0 fully saturated rings. The zero-order valence-corrected chi connectivity index (χ0v) is 14.9. The van der Waals surface area contributed by atoms with Crippen LogP contribution in [0.15, 0.2) is 41.3 Å². The Balaban J connectivity index is 1.50. The fourth-order valence-electron chi connectivity index (χ4n) is 3.11. The highest BCUT2D eigenvalue weighted by Gasteiger charge is 2.21. The quantitative estimate of drug-likeness (QED) is 0.778. The second-order valence-electron chi connectivity index (χ2n) is 6.38. The molecule has 2 heterocycles. The number of fused-ring (bicyclic) bond motifs is 2. The number of rotatable bonds is 3. The molecule has 0 saturated heterocycles. The summed E-state index contributed by atoms with van der Waals surface area (Å²) in [5.41, 5.74) is 3.89. The summed E-state index contributed by atoms with van der Waals surface area (Å²) >= 11 is 1.46. The van der Waals surface area contributed by atoms with E-state index >= 15 is 0 Å². The second kappa shape index (κ2) is 6.49. The number of thioether (sulfide) groups is 1. The van der Waals surface area contributed by atoms with E-state index in [0.717, 1.165) is 21.7 Å². The molecule has 0 radical (unpaired) electrons. The van der Waals surface area contributed by atoms with Crippen molar-refractivity contribution in [3.8, 4) is 0 Å². The summed E-state index contributed by atoms with van der Waals surface area (Å²) in [5, 5.41) is 8.56. The number of carbonyl (C=O) groups is 3. The minimum absolute atomic E-state index is 0.0113. The molecular weight excluding hydrogens is 350 g/mol. The van der Waals surface area contributed by atoms with Crippen LogP contribution in [0.25, 0.3) is 0 Å². The van der Waals surface area contributed by atoms with Gasteiger partial charge in [-0.2, -0.15) is 0 Å². The van der Waals surface area contributed by atoms with E-state index in [2.05, 4.69) is 16.0 Å². The first-order chi connectivity index (χ1) is 12.5. The number of carbonyl (C=O) groups excluding carboxylic acids is 3. The fourth-order valence-corrected chi connectivity index (χ4v) is 3.89. The molecule has 0 aromatic heterocycles. The summed E-state index contributed by atoms with van der Waals surface area (Å²) in [6, 6.07) is 10.8. The molecule has 1 atom stereocenters. The first-order valence-electron chi connectivity index (χ1n) is 8.30. The average Bonchev–Trinajstić information content (AvgIpc) is 3.00. The summed E-state index contributed by atoms with van der Waals surface area (Å²) < 4.78 is 0. The second-order valence-corrected chi connectivity index (χ2v) is 7.40. The highest BCUT2D eigenvalue weighted by atomic mass is 32.2. The first-order valence-corrected chi connectivity index (χ1v) is 9.28. The van der Waals surface area contributed by atoms with Crippen molar-refractivity contribution < 1.29 is 14.4 Å². The molecule has 26 heavy (non-hydrogen) atoms. The van der Waals surface area contributed by atoms with Gasteiger partial charge in [-0.05, 0) is 42.3 Å². The van der Waals surface area contributed by atoms with Gasteiger partial charge in [-0.15, -0.1) is 11.8 Å². The van der Waals surface area contributed by atoms with Crippen LogP contribution in [0, 0.1) is 0 Å². The molecule has 6 nitrogen and oxygen atoms in total. The molecule has 3 amide bonds. The Morgan fingerprint density at radius 3 is 2.73 bits per heavy atom. The van der Waals surface area contributed by atoms with Gasteiger partial charge in [-0.1, -0.05) is 12.1 Å². The summed E-state index contributed by atoms with van der Waals surface area (Å²) in [5.74, 6) is 0.114. The molecule has 2 aromatic rings. The smallest absolute Gasteiger partial charge is 0.251 e. The van der Waals surface area contributed by atoms with Crippen molar-refractivity contribution in [2.75, 3.05) is 16.4 Å². The van der Waals surface area contributed by atoms with Crippen LogP contribution in [0.1, 0.15) is 34.5 Å². The maximum absolute atomic E-state index is 12.6. The highest BCUT2D eigenvalue weighted by Crippen LogP contribution is 2.32. The molecule has 2 aliphatic heterocycles. The van der Waals surface area contributed by atoms with Crippen LogP contribution < -0.4 is 16.0 Å². The average molecular weight is 367 g/mol. The lowest BCUT2D eigenvalue weighted by atomic mass is 10.0. The number of hydrogen-bond acceptors (Lipinski definition) is 4. The third kappa shape index (κ3) is 3.17. The predicted octanol–water partition coefficient (Wildman–Crippen LogP) is 2.72. The minimum Gasteiger partial charge on any atom is -0.346 e. The van der Waals surface area contributed by atoms with Crippen LogP contribution in [0.3, 0.4) is 0 Å². The molecule has 0 aliphatic carbocycles. The van der Waals surface area contributed by atoms with Gasteiger partial charge in [0.2, 0.25) is 11.8 Å². The molecule has 2 aromatic carbocycles. The van der Waals surface area contributed by atoms with Crippen molar-refractivity contribution in [3.05, 3.63) is 53.1 Å². The molecule has 0 unspecified atom stereocenters. The van der Waals surface area contributed by atoms with E-state index in [9.17, 15) is 14.4 Å². The van der Waals surface area contributed by atoms with Gasteiger partial charge in [0.05, 0.1) is 23.9 Å². The molecule has 132 valence electrons. The topological polar surface area (TPSA) is 87.3 Å². The van der Waals surface area contributed by atoms with Gasteiger partial charge in [0.1, 0.15) is 0 Å². The Morgan fingerprint density at radius 1 is 1.08 bits per heavy atom. The first kappa shape index (κ1) is 16.7. The van der Waals surface area contributed by atoms with Crippen LogP contribution in [0.5, 0.6) is 0 Å². The summed E-state index contributed by atoms with van der Waals surface area (Å²) in [4.78, 5) is 36.5. The summed E-state index contributed by atoms with van der Waals surface area (Å²) in [6.45, 7) is 1.90. The molecule has 4 rings (SSSR count). The van der Waals surface area contributed by atoms with E-state index in [0.29, 0.717) is 23.4 Å². The Hall–Kier alpha value is -2.80. The van der Waals surface area contributed by atoms with E-state index in [-0.39, 0.29) is 23.8 Å². The van der Waals surface area contributed by atoms with Crippen molar-refractivity contribution in [3.63, 3.8) is 0 Å². The van der Waals surface area contributed by atoms with E-state index < -0.39 is 0 Å². The van der Waals surface area contributed by atoms with Crippen molar-refractivity contribution in [2.45, 2.75) is 24.3 Å². The maximum atomic E-state index is 12.6. The van der Waals surface area contributed by atoms with Gasteiger partial charge in [-0.3, -0.25) is 14.4 Å². The summed E-state index contributed by atoms with van der Waals surface area (Å²) in [6.07, 6.45) is 0.367. The van der Waals surface area contributed by atoms with E-state index in [1.807, 2.05) is 31.2 Å². The van der Waals surface area contributed by atoms with E-state index in [4.69, 9.17) is 0 Å². The standard InChI is InChI=1S/C19H17N3O3S/c1-10(11-2-4-14-13(6-11)8-17(23)21-14)20-19(25)12-3-5-16-15(7-12)22-18(24)9-26-16/h2-7,10H,8-9H2,1H3,(H,20,25)(H,21,23)(H,22,24)/t10-/m0/s1. The predicted molar refractivity (Wildman–Crippen MR) is 100 cm³/mol. The lowest BCUT2D eigenvalue weighted by molar-refractivity contribution is -0.115. The lowest BCUT2D eigenvalue weighted by Gasteiger charge is -2.18. The van der Waals surface area contributed by atoms with Crippen molar-refractivity contribution in [2.24, 2.45) is 0 Å². The van der Waals surface area contributed by atoms with E-state index in [1.165, 1.54) is 11.8 Å². The molecule has 3 N–H and O–H groups in total. The molecule has 2 aliphatic rings. The van der Waals surface area contributed by atoms with Crippen LogP contribution in [0.4, 0.5) is 11.4 Å². The van der Waals surface area contributed by atoms with Crippen LogP contribution in [-0.4, -0.2) is 23.5 Å². The number of nitrogens with one attached hydrogen (secondary N) is 3. The Morgan fingerprint density at radius 2 is 1.88 bits per heavy atom. The Labute approximate surface area is 154 Å². The molecule has 0 bridgehead atoms. The van der Waals surface area contributed by atoms with E-state index in [1.54, 1.807) is 12.1 Å². The summed E-state index contributed by atoms with van der Waals surface area (Å²) in [7, 11) is 0. The van der Waals surface area contributed by atoms with Crippen molar-refractivity contribution >= 4 is 40.9 Å². The fraction of sp³-hybridized carbons (Fsp3) is 0.211. The molecular formula is C19H17N3O3S. The number of benzene rings is 2. The number of amides is 3. The monoisotopic (exact) mass is 367 g/mol. The van der Waals surface area contributed by atoms with Gasteiger partial charge in [-0.25, -0.2) is 0 Å². The van der Waals surface area contributed by atoms with Crippen molar-refractivity contribution in [1.82, 2.24) is 5.32 Å². The highest BCUT2D eigenvalue weighted by molar-refractivity contribution is 8.00. The number of anilines is 2. The maximum Gasteiger partial charge on any atom is 0.251 e. The van der Waals surface area contributed by atoms with Gasteiger partial charge < -0.3 is 16.0 Å². The zero-order valence-electron chi connectivity index (χ0n) is 14.1. The van der Waals surface area contributed by atoms with Gasteiger partial charge >= 0.3 is 0 Å². The zero-order chi connectivity index (χ0) is 18.3. The Kier molecular flexibility index (Phi) is 4.16. The van der Waals surface area contributed by atoms with Gasteiger partial charge in [0.25, 0.3) is 5.91 Å².